The van der Waals surface area contributed by atoms with Crippen LogP contribution in [0.4, 0.5) is 15.9 Å². The van der Waals surface area contributed by atoms with Gasteiger partial charge in [-0.2, -0.15) is 5.10 Å². The minimum atomic E-state index is -0.444. The number of nitrogens with one attached hydrogen (secondary N) is 3. The highest BCUT2D eigenvalue weighted by molar-refractivity contribution is 7.20. The molecule has 3 aromatic heterocycles. The zero-order valence-electron chi connectivity index (χ0n) is 21.8. The highest BCUT2D eigenvalue weighted by atomic mass is 32.1. The monoisotopic (exact) mass is 554 g/mol. The summed E-state index contributed by atoms with van der Waals surface area (Å²) in [4.78, 5) is 32.6. The van der Waals surface area contributed by atoms with Crippen molar-refractivity contribution in [1.82, 2.24) is 25.4 Å². The Balaban J connectivity index is 1.17. The lowest BCUT2D eigenvalue weighted by Crippen LogP contribution is -2.22. The van der Waals surface area contributed by atoms with E-state index in [4.69, 9.17) is 0 Å². The van der Waals surface area contributed by atoms with Crippen LogP contribution in [0.2, 0.25) is 0 Å². The molecule has 1 saturated heterocycles. The summed E-state index contributed by atoms with van der Waals surface area (Å²) in [6, 6.07) is 20.0. The van der Waals surface area contributed by atoms with Crippen LogP contribution >= 0.6 is 11.3 Å². The number of carbonyl (C=O) groups excluding carboxylic acids is 1. The molecule has 2 aromatic carbocycles. The highest BCUT2D eigenvalue weighted by Crippen LogP contribution is 2.30. The first-order valence-electron chi connectivity index (χ1n) is 13.0. The van der Waals surface area contributed by atoms with Crippen LogP contribution in [0.25, 0.3) is 21.3 Å². The van der Waals surface area contributed by atoms with Crippen LogP contribution in [0.15, 0.2) is 77.7 Å². The molecule has 202 valence electrons. The fraction of sp³-hybridized carbons (Fsp3) is 0.200. The van der Waals surface area contributed by atoms with Crippen LogP contribution in [0.1, 0.15) is 39.7 Å². The largest absolute Gasteiger partial charge is 0.347 e. The van der Waals surface area contributed by atoms with Crippen molar-refractivity contribution in [2.75, 3.05) is 18.9 Å². The molecule has 6 rings (SSSR count). The second-order valence-electron chi connectivity index (χ2n) is 9.87. The van der Waals surface area contributed by atoms with Gasteiger partial charge in [-0.1, -0.05) is 24.3 Å². The molecule has 1 fully saturated rings. The quantitative estimate of drug-likeness (QED) is 0.241. The van der Waals surface area contributed by atoms with Gasteiger partial charge in [0.15, 0.2) is 0 Å². The second kappa shape index (κ2) is 11.0. The van der Waals surface area contributed by atoms with E-state index in [1.54, 1.807) is 18.2 Å². The van der Waals surface area contributed by atoms with Crippen LogP contribution in [-0.2, 0) is 6.54 Å². The summed E-state index contributed by atoms with van der Waals surface area (Å²) in [5, 5.41) is 13.5. The number of anilines is 2. The third-order valence-corrected chi connectivity index (χ3v) is 8.30. The van der Waals surface area contributed by atoms with E-state index in [0.717, 1.165) is 28.6 Å². The third kappa shape index (κ3) is 5.36. The molecule has 0 saturated carbocycles. The topological polar surface area (TPSA) is 103 Å². The van der Waals surface area contributed by atoms with Gasteiger partial charge >= 0.3 is 0 Å². The number of halogens is 1. The molecule has 3 N–H and O–H groups in total. The molecule has 1 unspecified atom stereocenters. The fourth-order valence-electron chi connectivity index (χ4n) is 5.02. The van der Waals surface area contributed by atoms with Crippen molar-refractivity contribution in [3.63, 3.8) is 0 Å². The number of hydrogen-bond donors (Lipinski definition) is 3. The lowest BCUT2D eigenvalue weighted by molar-refractivity contribution is 0.0954. The lowest BCUT2D eigenvalue weighted by Gasteiger charge is -2.19. The molecule has 5 aromatic rings. The zero-order chi connectivity index (χ0) is 27.6. The van der Waals surface area contributed by atoms with Crippen molar-refractivity contribution in [2.45, 2.75) is 25.4 Å². The number of rotatable bonds is 7. The molecule has 1 aliphatic heterocycles. The number of likely N-dealkylation sites (tertiary alicyclic amines) is 1. The molecule has 0 aliphatic carbocycles. The number of H-pyrrole nitrogens is 1. The zero-order valence-corrected chi connectivity index (χ0v) is 22.6. The summed E-state index contributed by atoms with van der Waals surface area (Å²) in [5.74, 6) is -0.172. The smallest absolute Gasteiger partial charge is 0.287 e. The molecule has 4 heterocycles. The summed E-state index contributed by atoms with van der Waals surface area (Å²) in [6.07, 6.45) is 4.11. The Bertz CT molecular complexity index is 1720. The molecule has 1 amide bonds. The van der Waals surface area contributed by atoms with Gasteiger partial charge in [-0.05, 0) is 79.8 Å². The first-order chi connectivity index (χ1) is 19.4. The average Bonchev–Trinajstić information content (AvgIpc) is 3.60. The van der Waals surface area contributed by atoms with Crippen LogP contribution in [-0.4, -0.2) is 39.6 Å². The number of fused-ring (bicyclic) bond motifs is 1. The molecule has 8 nitrogen and oxygen atoms in total. The van der Waals surface area contributed by atoms with Gasteiger partial charge in [0.1, 0.15) is 17.3 Å². The molecule has 1 aliphatic rings. The van der Waals surface area contributed by atoms with E-state index >= 15 is 0 Å². The fourth-order valence-corrected chi connectivity index (χ4v) is 6.00. The Labute approximate surface area is 233 Å². The molecular formula is C30H27FN6O2S. The van der Waals surface area contributed by atoms with E-state index in [9.17, 15) is 14.0 Å². The molecule has 0 bridgehead atoms. The Morgan fingerprint density at radius 1 is 1.15 bits per heavy atom. The SMILES string of the molecule is CN1CCCC1c1ccc(Nc2cc(-c3ccc(F)c(CNC(=O)c4cc5ccccc5s4)c3)n[nH]c2=O)nc1. The van der Waals surface area contributed by atoms with Crippen molar-refractivity contribution in [1.29, 1.82) is 0 Å². The summed E-state index contributed by atoms with van der Waals surface area (Å²) < 4.78 is 15.7. The van der Waals surface area contributed by atoms with E-state index in [-0.39, 0.29) is 18.1 Å². The maximum Gasteiger partial charge on any atom is 0.287 e. The van der Waals surface area contributed by atoms with E-state index in [1.807, 2.05) is 48.7 Å². The number of amides is 1. The van der Waals surface area contributed by atoms with Gasteiger partial charge in [0.25, 0.3) is 11.5 Å². The predicted octanol–water partition coefficient (Wildman–Crippen LogP) is 5.63. The number of aromatic amines is 1. The predicted molar refractivity (Wildman–Crippen MR) is 155 cm³/mol. The molecular weight excluding hydrogens is 527 g/mol. The number of nitrogens with zero attached hydrogens (tertiary/aromatic N) is 3. The van der Waals surface area contributed by atoms with Crippen molar-refractivity contribution in [2.24, 2.45) is 0 Å². The Kier molecular flexibility index (Phi) is 7.10. The summed E-state index contributed by atoms with van der Waals surface area (Å²) in [7, 11) is 2.11. The summed E-state index contributed by atoms with van der Waals surface area (Å²) in [5.41, 5.74) is 2.37. The van der Waals surface area contributed by atoms with Gasteiger partial charge in [0.2, 0.25) is 0 Å². The summed E-state index contributed by atoms with van der Waals surface area (Å²) in [6.45, 7) is 1.08. The van der Waals surface area contributed by atoms with Crippen LogP contribution in [0.3, 0.4) is 0 Å². The van der Waals surface area contributed by atoms with Gasteiger partial charge in [-0.3, -0.25) is 14.5 Å². The van der Waals surface area contributed by atoms with Crippen molar-refractivity contribution in [3.8, 4) is 11.3 Å². The number of benzene rings is 2. The first kappa shape index (κ1) is 25.8. The Morgan fingerprint density at radius 3 is 2.80 bits per heavy atom. The highest BCUT2D eigenvalue weighted by Gasteiger charge is 2.22. The standard InChI is InChI=1S/C30H27FN6O2S/c1-37-12-4-6-25(37)20-9-11-28(32-16-20)34-24-15-23(35-36-29(24)38)18-8-10-22(31)21(13-18)17-33-30(39)27-14-19-5-2-3-7-26(19)40-27/h2-3,5,7-11,13-16,25H,4,6,12,17H2,1H3,(H,33,39)(H,36,38)(H,32,34,35). The Morgan fingerprint density at radius 2 is 2.02 bits per heavy atom. The summed E-state index contributed by atoms with van der Waals surface area (Å²) >= 11 is 1.39. The minimum Gasteiger partial charge on any atom is -0.347 e. The Hall–Kier alpha value is -4.41. The number of carbonyl (C=O) groups is 1. The van der Waals surface area contributed by atoms with Crippen molar-refractivity contribution >= 4 is 38.8 Å². The van der Waals surface area contributed by atoms with Crippen LogP contribution in [0, 0.1) is 5.82 Å². The van der Waals surface area contributed by atoms with Crippen molar-refractivity contribution < 1.29 is 9.18 Å². The molecule has 0 radical (unpaired) electrons. The van der Waals surface area contributed by atoms with E-state index < -0.39 is 11.4 Å². The number of hydrogen-bond acceptors (Lipinski definition) is 7. The van der Waals surface area contributed by atoms with E-state index in [0.29, 0.717) is 33.6 Å². The maximum atomic E-state index is 14.7. The average molecular weight is 555 g/mol. The molecule has 10 heteroatoms. The number of pyridine rings is 1. The maximum absolute atomic E-state index is 14.7. The number of aromatic nitrogens is 3. The van der Waals surface area contributed by atoms with Crippen LogP contribution in [0.5, 0.6) is 0 Å². The first-order valence-corrected chi connectivity index (χ1v) is 13.8. The van der Waals surface area contributed by atoms with Gasteiger partial charge in [0, 0.05) is 34.6 Å². The minimum absolute atomic E-state index is 0.00760. The lowest BCUT2D eigenvalue weighted by atomic mass is 10.1. The second-order valence-corrected chi connectivity index (χ2v) is 11.0. The van der Waals surface area contributed by atoms with E-state index in [1.165, 1.54) is 23.8 Å². The van der Waals surface area contributed by atoms with Gasteiger partial charge in [0.05, 0.1) is 10.6 Å². The normalized spacial score (nSPS) is 15.4. The van der Waals surface area contributed by atoms with Gasteiger partial charge in [-0.25, -0.2) is 14.5 Å². The third-order valence-electron chi connectivity index (χ3n) is 7.19. The molecule has 0 spiro atoms. The number of thiophene rings is 1. The van der Waals surface area contributed by atoms with E-state index in [2.05, 4.69) is 37.8 Å². The molecule has 40 heavy (non-hydrogen) atoms. The van der Waals surface area contributed by atoms with Gasteiger partial charge in [-0.15, -0.1) is 11.3 Å². The van der Waals surface area contributed by atoms with Crippen LogP contribution < -0.4 is 16.2 Å². The van der Waals surface area contributed by atoms with Crippen molar-refractivity contribution in [3.05, 3.63) is 105 Å². The van der Waals surface area contributed by atoms with Gasteiger partial charge < -0.3 is 10.6 Å². The molecule has 1 atom stereocenters.